The van der Waals surface area contributed by atoms with E-state index in [1.807, 2.05) is 0 Å². The second-order valence-corrected chi connectivity index (χ2v) is 4.63. The fraction of sp³-hybridized carbons (Fsp3) is 0.750. The molecule has 1 unspecified atom stereocenters. The molecule has 0 aromatic carbocycles. The maximum absolute atomic E-state index is 11.6. The largest absolute Gasteiger partial charge is 0.381 e. The van der Waals surface area contributed by atoms with E-state index in [1.54, 1.807) is 11.0 Å². The van der Waals surface area contributed by atoms with Gasteiger partial charge in [0.1, 0.15) is 12.7 Å². The number of aromatic nitrogens is 3. The molecule has 1 saturated heterocycles. The van der Waals surface area contributed by atoms with Crippen LogP contribution in [-0.2, 0) is 16.1 Å². The average molecular weight is 252 g/mol. The van der Waals surface area contributed by atoms with Crippen LogP contribution in [0.5, 0.6) is 0 Å². The summed E-state index contributed by atoms with van der Waals surface area (Å²) in [7, 11) is 0. The summed E-state index contributed by atoms with van der Waals surface area (Å²) >= 11 is 0. The molecule has 0 spiro atoms. The van der Waals surface area contributed by atoms with Gasteiger partial charge in [0.15, 0.2) is 0 Å². The topological polar surface area (TPSA) is 69.0 Å². The molecule has 2 heterocycles. The van der Waals surface area contributed by atoms with Gasteiger partial charge in [-0.2, -0.15) is 5.10 Å². The standard InChI is InChI=1S/C12H20N4O2/c17-12(4-6-16-10-13-9-15-16)14-5-3-11-2-1-7-18-8-11/h9-11H,1-8H2,(H,14,17). The lowest BCUT2D eigenvalue weighted by Gasteiger charge is -2.21. The Kier molecular flexibility index (Phi) is 5.14. The zero-order chi connectivity index (χ0) is 12.6. The first-order valence-electron chi connectivity index (χ1n) is 6.51. The molecule has 100 valence electrons. The Hall–Kier alpha value is -1.43. The van der Waals surface area contributed by atoms with Crippen molar-refractivity contribution in [3.63, 3.8) is 0 Å². The molecule has 0 radical (unpaired) electrons. The molecule has 1 aromatic heterocycles. The molecule has 1 N–H and O–H groups in total. The smallest absolute Gasteiger partial charge is 0.221 e. The van der Waals surface area contributed by atoms with E-state index in [0.717, 1.165) is 32.6 Å². The third-order valence-corrected chi connectivity index (χ3v) is 3.16. The van der Waals surface area contributed by atoms with Crippen LogP contribution in [0, 0.1) is 5.92 Å². The molecule has 6 nitrogen and oxygen atoms in total. The predicted octanol–water partition coefficient (Wildman–Crippen LogP) is 0.601. The van der Waals surface area contributed by atoms with Gasteiger partial charge in [-0.25, -0.2) is 4.98 Å². The Morgan fingerprint density at radius 2 is 2.50 bits per heavy atom. The number of nitrogens with one attached hydrogen (secondary N) is 1. The molecule has 6 heteroatoms. The fourth-order valence-corrected chi connectivity index (χ4v) is 2.10. The number of ether oxygens (including phenoxy) is 1. The van der Waals surface area contributed by atoms with Crippen LogP contribution in [0.15, 0.2) is 12.7 Å². The van der Waals surface area contributed by atoms with E-state index in [0.29, 0.717) is 18.9 Å². The summed E-state index contributed by atoms with van der Waals surface area (Å²) in [6.07, 6.45) is 6.91. The van der Waals surface area contributed by atoms with Gasteiger partial charge in [0.05, 0.1) is 6.54 Å². The van der Waals surface area contributed by atoms with Crippen LogP contribution in [0.3, 0.4) is 0 Å². The maximum Gasteiger partial charge on any atom is 0.221 e. The van der Waals surface area contributed by atoms with Crippen LogP contribution in [0.25, 0.3) is 0 Å². The SMILES string of the molecule is O=C(CCn1cncn1)NCCC1CCCOC1. The summed E-state index contributed by atoms with van der Waals surface area (Å²) in [5.41, 5.74) is 0. The summed E-state index contributed by atoms with van der Waals surface area (Å²) < 4.78 is 7.07. The lowest BCUT2D eigenvalue weighted by molar-refractivity contribution is -0.121. The Balaban J connectivity index is 1.54. The van der Waals surface area contributed by atoms with Crippen LogP contribution in [0.4, 0.5) is 0 Å². The number of hydrogen-bond acceptors (Lipinski definition) is 4. The Bertz CT molecular complexity index is 347. The summed E-state index contributed by atoms with van der Waals surface area (Å²) in [6, 6.07) is 0. The van der Waals surface area contributed by atoms with E-state index in [9.17, 15) is 4.79 Å². The third kappa shape index (κ3) is 4.44. The van der Waals surface area contributed by atoms with Gasteiger partial charge in [0.2, 0.25) is 5.91 Å². The molecule has 18 heavy (non-hydrogen) atoms. The quantitative estimate of drug-likeness (QED) is 0.805. The Morgan fingerprint density at radius 3 is 3.22 bits per heavy atom. The highest BCUT2D eigenvalue weighted by Gasteiger charge is 2.13. The molecule has 0 aliphatic carbocycles. The van der Waals surface area contributed by atoms with Crippen molar-refractivity contribution in [2.24, 2.45) is 5.92 Å². The molecule has 1 aliphatic rings. The lowest BCUT2D eigenvalue weighted by atomic mass is 9.99. The van der Waals surface area contributed by atoms with Crippen molar-refractivity contribution in [3.05, 3.63) is 12.7 Å². The van der Waals surface area contributed by atoms with E-state index in [-0.39, 0.29) is 5.91 Å². The number of aryl methyl sites for hydroxylation is 1. The highest BCUT2D eigenvalue weighted by Crippen LogP contribution is 2.16. The zero-order valence-electron chi connectivity index (χ0n) is 10.5. The first kappa shape index (κ1) is 13.0. The van der Waals surface area contributed by atoms with Crippen LogP contribution < -0.4 is 5.32 Å². The molecular weight excluding hydrogens is 232 g/mol. The molecule has 1 aliphatic heterocycles. The molecule has 1 amide bonds. The van der Waals surface area contributed by atoms with Gasteiger partial charge in [0.25, 0.3) is 0 Å². The van der Waals surface area contributed by atoms with Crippen molar-refractivity contribution in [2.45, 2.75) is 32.2 Å². The molecule has 0 bridgehead atoms. The number of hydrogen-bond donors (Lipinski definition) is 1. The summed E-state index contributed by atoms with van der Waals surface area (Å²) in [5.74, 6) is 0.677. The van der Waals surface area contributed by atoms with Crippen molar-refractivity contribution in [3.8, 4) is 0 Å². The second-order valence-electron chi connectivity index (χ2n) is 4.63. The molecular formula is C12H20N4O2. The van der Waals surface area contributed by atoms with Crippen LogP contribution in [0.1, 0.15) is 25.7 Å². The van der Waals surface area contributed by atoms with Gasteiger partial charge in [0, 0.05) is 26.2 Å². The van der Waals surface area contributed by atoms with E-state index >= 15 is 0 Å². The van der Waals surface area contributed by atoms with Crippen LogP contribution in [0.2, 0.25) is 0 Å². The minimum Gasteiger partial charge on any atom is -0.381 e. The molecule has 2 rings (SSSR count). The van der Waals surface area contributed by atoms with E-state index in [4.69, 9.17) is 4.74 Å². The van der Waals surface area contributed by atoms with Crippen molar-refractivity contribution in [1.29, 1.82) is 0 Å². The lowest BCUT2D eigenvalue weighted by Crippen LogP contribution is -2.28. The molecule has 1 fully saturated rings. The van der Waals surface area contributed by atoms with Gasteiger partial charge in [-0.15, -0.1) is 0 Å². The molecule has 0 saturated carbocycles. The monoisotopic (exact) mass is 252 g/mol. The number of rotatable bonds is 6. The van der Waals surface area contributed by atoms with Gasteiger partial charge < -0.3 is 10.1 Å². The number of carbonyl (C=O) groups excluding carboxylic acids is 1. The second kappa shape index (κ2) is 7.10. The van der Waals surface area contributed by atoms with Gasteiger partial charge in [-0.1, -0.05) is 0 Å². The number of nitrogens with zero attached hydrogens (tertiary/aromatic N) is 3. The van der Waals surface area contributed by atoms with Gasteiger partial charge in [-0.05, 0) is 25.2 Å². The number of amides is 1. The van der Waals surface area contributed by atoms with Crippen molar-refractivity contribution in [1.82, 2.24) is 20.1 Å². The summed E-state index contributed by atoms with van der Waals surface area (Å²) in [4.78, 5) is 15.4. The van der Waals surface area contributed by atoms with Crippen molar-refractivity contribution >= 4 is 5.91 Å². The van der Waals surface area contributed by atoms with E-state index in [2.05, 4.69) is 15.4 Å². The van der Waals surface area contributed by atoms with Gasteiger partial charge in [-0.3, -0.25) is 9.48 Å². The first-order chi connectivity index (χ1) is 8.84. The highest BCUT2D eigenvalue weighted by atomic mass is 16.5. The molecule has 1 atom stereocenters. The predicted molar refractivity (Wildman–Crippen MR) is 65.8 cm³/mol. The number of carbonyl (C=O) groups is 1. The Morgan fingerprint density at radius 1 is 1.56 bits per heavy atom. The third-order valence-electron chi connectivity index (χ3n) is 3.16. The first-order valence-corrected chi connectivity index (χ1v) is 6.51. The fourth-order valence-electron chi connectivity index (χ4n) is 2.10. The summed E-state index contributed by atoms with van der Waals surface area (Å²) in [6.45, 7) is 3.05. The van der Waals surface area contributed by atoms with E-state index < -0.39 is 0 Å². The van der Waals surface area contributed by atoms with Crippen LogP contribution in [-0.4, -0.2) is 40.4 Å². The molecule has 1 aromatic rings. The minimum absolute atomic E-state index is 0.0715. The van der Waals surface area contributed by atoms with E-state index in [1.165, 1.54) is 12.7 Å². The van der Waals surface area contributed by atoms with Crippen molar-refractivity contribution in [2.75, 3.05) is 19.8 Å². The van der Waals surface area contributed by atoms with Gasteiger partial charge >= 0.3 is 0 Å². The minimum atomic E-state index is 0.0715. The Labute approximate surface area is 107 Å². The van der Waals surface area contributed by atoms with Crippen LogP contribution >= 0.6 is 0 Å². The maximum atomic E-state index is 11.6. The normalized spacial score (nSPS) is 19.7. The highest BCUT2D eigenvalue weighted by molar-refractivity contribution is 5.75. The van der Waals surface area contributed by atoms with Crippen molar-refractivity contribution < 1.29 is 9.53 Å². The average Bonchev–Trinajstić information content (AvgIpc) is 2.91. The summed E-state index contributed by atoms with van der Waals surface area (Å²) in [5, 5.41) is 6.89. The zero-order valence-corrected chi connectivity index (χ0v) is 10.5.